The maximum Gasteiger partial charge on any atom is 0.0876 e. The van der Waals surface area contributed by atoms with Crippen LogP contribution in [0.25, 0.3) is 0 Å². The molecule has 3 heteroatoms. The van der Waals surface area contributed by atoms with E-state index in [1.165, 1.54) is 16.7 Å². The summed E-state index contributed by atoms with van der Waals surface area (Å²) in [6.07, 6.45) is 5.31. The van der Waals surface area contributed by atoms with Gasteiger partial charge in [-0.3, -0.25) is 0 Å². The molecular formula is C16H22BrNO. The quantitative estimate of drug-likeness (QED) is 0.861. The van der Waals surface area contributed by atoms with E-state index in [0.717, 1.165) is 36.9 Å². The van der Waals surface area contributed by atoms with Crippen molar-refractivity contribution in [2.24, 2.45) is 0 Å². The van der Waals surface area contributed by atoms with Crippen molar-refractivity contribution < 1.29 is 4.74 Å². The highest BCUT2D eigenvalue weighted by molar-refractivity contribution is 9.10. The van der Waals surface area contributed by atoms with Gasteiger partial charge in [0.25, 0.3) is 0 Å². The van der Waals surface area contributed by atoms with Crippen molar-refractivity contribution in [1.82, 2.24) is 5.32 Å². The summed E-state index contributed by atoms with van der Waals surface area (Å²) in [6.45, 7) is 6.20. The van der Waals surface area contributed by atoms with Gasteiger partial charge in [0.05, 0.1) is 18.9 Å². The minimum atomic E-state index is 0.259. The summed E-state index contributed by atoms with van der Waals surface area (Å²) in [6, 6.07) is 6.79. The van der Waals surface area contributed by atoms with Crippen LogP contribution in [0.15, 0.2) is 34.5 Å². The van der Waals surface area contributed by atoms with Crippen LogP contribution >= 0.6 is 15.9 Å². The molecule has 1 heterocycles. The molecule has 1 aliphatic rings. The lowest BCUT2D eigenvalue weighted by Crippen LogP contribution is -2.25. The Hall–Kier alpha value is -0.800. The molecule has 0 aromatic heterocycles. The molecule has 1 aromatic rings. The molecule has 1 aliphatic heterocycles. The summed E-state index contributed by atoms with van der Waals surface area (Å²) in [5, 5.41) is 3.65. The SMILES string of the molecule is CCCNC(C1=COCCC1)c1cc(C)ccc1Br. The molecule has 1 N–H and O–H groups in total. The maximum atomic E-state index is 5.52. The first-order chi connectivity index (χ1) is 9.22. The first kappa shape index (κ1) is 14.6. The van der Waals surface area contributed by atoms with Crippen molar-refractivity contribution >= 4 is 15.9 Å². The fourth-order valence-electron chi connectivity index (χ4n) is 2.41. The zero-order chi connectivity index (χ0) is 13.7. The van der Waals surface area contributed by atoms with Crippen molar-refractivity contribution in [1.29, 1.82) is 0 Å². The molecule has 19 heavy (non-hydrogen) atoms. The van der Waals surface area contributed by atoms with Crippen LogP contribution in [0.3, 0.4) is 0 Å². The summed E-state index contributed by atoms with van der Waals surface area (Å²) in [7, 11) is 0. The van der Waals surface area contributed by atoms with E-state index < -0.39 is 0 Å². The molecule has 2 rings (SSSR count). The molecule has 0 spiro atoms. The molecule has 0 saturated heterocycles. The van der Waals surface area contributed by atoms with E-state index in [1.54, 1.807) is 0 Å². The standard InChI is InChI=1S/C16H22BrNO/c1-3-8-18-16(13-5-4-9-19-11-13)14-10-12(2)6-7-15(14)17/h6-7,10-11,16,18H,3-5,8-9H2,1-2H3. The number of nitrogens with one attached hydrogen (secondary N) is 1. The van der Waals surface area contributed by atoms with Crippen LogP contribution < -0.4 is 5.32 Å². The normalized spacial score (nSPS) is 16.7. The molecule has 104 valence electrons. The smallest absolute Gasteiger partial charge is 0.0876 e. The van der Waals surface area contributed by atoms with Gasteiger partial charge in [0.15, 0.2) is 0 Å². The average Bonchev–Trinajstić information content (AvgIpc) is 2.44. The van der Waals surface area contributed by atoms with E-state index in [1.807, 2.05) is 6.26 Å². The van der Waals surface area contributed by atoms with E-state index >= 15 is 0 Å². The fraction of sp³-hybridized carbons (Fsp3) is 0.500. The van der Waals surface area contributed by atoms with Crippen LogP contribution in [0.5, 0.6) is 0 Å². The van der Waals surface area contributed by atoms with Gasteiger partial charge < -0.3 is 10.1 Å². The van der Waals surface area contributed by atoms with E-state index in [2.05, 4.69) is 53.3 Å². The fourth-order valence-corrected chi connectivity index (χ4v) is 2.89. The molecule has 0 bridgehead atoms. The van der Waals surface area contributed by atoms with Gasteiger partial charge in [-0.2, -0.15) is 0 Å². The minimum Gasteiger partial charge on any atom is -0.501 e. The minimum absolute atomic E-state index is 0.259. The van der Waals surface area contributed by atoms with E-state index in [0.29, 0.717) is 0 Å². The number of benzene rings is 1. The topological polar surface area (TPSA) is 21.3 Å². The number of ether oxygens (including phenoxy) is 1. The second-order valence-corrected chi connectivity index (χ2v) is 5.93. The molecule has 0 fully saturated rings. The summed E-state index contributed by atoms with van der Waals surface area (Å²) in [5.41, 5.74) is 3.95. The second kappa shape index (κ2) is 7.11. The van der Waals surface area contributed by atoms with Crippen molar-refractivity contribution in [3.63, 3.8) is 0 Å². The maximum absolute atomic E-state index is 5.52. The highest BCUT2D eigenvalue weighted by atomic mass is 79.9. The number of hydrogen-bond donors (Lipinski definition) is 1. The van der Waals surface area contributed by atoms with Gasteiger partial charge in [-0.05, 0) is 49.9 Å². The Bertz CT molecular complexity index is 456. The Balaban J connectivity index is 2.30. The van der Waals surface area contributed by atoms with Gasteiger partial charge in [-0.15, -0.1) is 0 Å². The van der Waals surface area contributed by atoms with Gasteiger partial charge in [0.2, 0.25) is 0 Å². The molecule has 2 nitrogen and oxygen atoms in total. The van der Waals surface area contributed by atoms with Gasteiger partial charge in [0, 0.05) is 4.47 Å². The van der Waals surface area contributed by atoms with Crippen molar-refractivity contribution in [3.8, 4) is 0 Å². The predicted molar refractivity (Wildman–Crippen MR) is 83.2 cm³/mol. The first-order valence-electron chi connectivity index (χ1n) is 7.02. The predicted octanol–water partition coefficient (Wildman–Crippen LogP) is 4.49. The van der Waals surface area contributed by atoms with Gasteiger partial charge in [-0.25, -0.2) is 0 Å². The third-order valence-corrected chi connectivity index (χ3v) is 4.12. The highest BCUT2D eigenvalue weighted by Gasteiger charge is 2.20. The average molecular weight is 324 g/mol. The van der Waals surface area contributed by atoms with Gasteiger partial charge in [-0.1, -0.05) is 40.5 Å². The van der Waals surface area contributed by atoms with Crippen molar-refractivity contribution in [2.75, 3.05) is 13.2 Å². The Labute approximate surface area is 124 Å². The summed E-state index contributed by atoms with van der Waals surface area (Å²) < 4.78 is 6.68. The lowest BCUT2D eigenvalue weighted by molar-refractivity contribution is 0.219. The second-order valence-electron chi connectivity index (χ2n) is 5.08. The summed E-state index contributed by atoms with van der Waals surface area (Å²) >= 11 is 3.68. The van der Waals surface area contributed by atoms with Gasteiger partial charge in [0.1, 0.15) is 0 Å². The third kappa shape index (κ3) is 3.83. The number of hydrogen-bond acceptors (Lipinski definition) is 2. The van der Waals surface area contributed by atoms with Crippen molar-refractivity contribution in [2.45, 2.75) is 39.2 Å². The van der Waals surface area contributed by atoms with E-state index in [9.17, 15) is 0 Å². The molecule has 0 aliphatic carbocycles. The lowest BCUT2D eigenvalue weighted by atomic mass is 9.94. The monoisotopic (exact) mass is 323 g/mol. The Morgan fingerprint density at radius 1 is 1.42 bits per heavy atom. The molecule has 0 amide bonds. The van der Waals surface area contributed by atoms with Crippen LogP contribution in [0.2, 0.25) is 0 Å². The summed E-state index contributed by atoms with van der Waals surface area (Å²) in [4.78, 5) is 0. The van der Waals surface area contributed by atoms with Crippen LogP contribution in [0.4, 0.5) is 0 Å². The Morgan fingerprint density at radius 2 is 2.26 bits per heavy atom. The first-order valence-corrected chi connectivity index (χ1v) is 7.81. The lowest BCUT2D eigenvalue weighted by Gasteiger charge is -2.26. The van der Waals surface area contributed by atoms with E-state index in [-0.39, 0.29) is 6.04 Å². The largest absolute Gasteiger partial charge is 0.501 e. The zero-order valence-electron chi connectivity index (χ0n) is 11.7. The molecule has 1 unspecified atom stereocenters. The number of halogens is 1. The van der Waals surface area contributed by atoms with Crippen LogP contribution in [-0.4, -0.2) is 13.2 Å². The number of aryl methyl sites for hydroxylation is 1. The molecule has 1 aromatic carbocycles. The van der Waals surface area contributed by atoms with E-state index in [4.69, 9.17) is 4.74 Å². The van der Waals surface area contributed by atoms with Crippen LogP contribution in [-0.2, 0) is 4.74 Å². The van der Waals surface area contributed by atoms with Crippen molar-refractivity contribution in [3.05, 3.63) is 45.6 Å². The van der Waals surface area contributed by atoms with Crippen LogP contribution in [0.1, 0.15) is 43.4 Å². The van der Waals surface area contributed by atoms with Gasteiger partial charge >= 0.3 is 0 Å². The Morgan fingerprint density at radius 3 is 2.95 bits per heavy atom. The Kier molecular flexibility index (Phi) is 5.46. The molecule has 0 radical (unpaired) electrons. The third-order valence-electron chi connectivity index (χ3n) is 3.39. The summed E-state index contributed by atoms with van der Waals surface area (Å²) in [5.74, 6) is 0. The number of rotatable bonds is 5. The molecule has 0 saturated carbocycles. The van der Waals surface area contributed by atoms with Crippen LogP contribution in [0, 0.1) is 6.92 Å². The molecule has 1 atom stereocenters. The zero-order valence-corrected chi connectivity index (χ0v) is 13.3. The highest BCUT2D eigenvalue weighted by Crippen LogP contribution is 2.32. The molecular weight excluding hydrogens is 302 g/mol.